The van der Waals surface area contributed by atoms with Crippen molar-refractivity contribution >= 4 is 44.7 Å². The van der Waals surface area contributed by atoms with E-state index < -0.39 is 11.7 Å². The van der Waals surface area contributed by atoms with E-state index in [1.807, 2.05) is 0 Å². The summed E-state index contributed by atoms with van der Waals surface area (Å²) in [7, 11) is 1.58. The fraction of sp³-hybridized carbons (Fsp3) is 0.176. The fourth-order valence-electron chi connectivity index (χ4n) is 2.51. The Hall–Kier alpha value is -3.07. The Kier molecular flexibility index (Phi) is 4.56. The molecule has 0 bridgehead atoms. The van der Waals surface area contributed by atoms with Crippen LogP contribution in [0.1, 0.15) is 22.2 Å². The quantitative estimate of drug-likeness (QED) is 0.737. The normalized spacial score (nSPS) is 10.8. The zero-order valence-corrected chi connectivity index (χ0v) is 15.0. The molecule has 2 heterocycles. The molecule has 0 fully saturated rings. The van der Waals surface area contributed by atoms with E-state index in [1.54, 1.807) is 14.0 Å². The number of anilines is 2. The molecule has 134 valence electrons. The lowest BCUT2D eigenvalue weighted by molar-refractivity contribution is -0.114. The van der Waals surface area contributed by atoms with Crippen LogP contribution in [-0.4, -0.2) is 21.4 Å². The van der Waals surface area contributed by atoms with Gasteiger partial charge in [0.2, 0.25) is 5.91 Å². The molecule has 0 atom stereocenters. The Morgan fingerprint density at radius 2 is 2.00 bits per heavy atom. The number of hydrogen-bond donors (Lipinski definition) is 2. The summed E-state index contributed by atoms with van der Waals surface area (Å²) in [6.45, 7) is 2.98. The van der Waals surface area contributed by atoms with Crippen LogP contribution in [0.3, 0.4) is 0 Å². The number of benzene rings is 1. The van der Waals surface area contributed by atoms with E-state index in [1.165, 1.54) is 30.0 Å². The van der Waals surface area contributed by atoms with Crippen LogP contribution in [0.15, 0.2) is 29.3 Å². The number of nitrogens with zero attached hydrogens (tertiary/aromatic N) is 2. The van der Waals surface area contributed by atoms with E-state index in [2.05, 4.69) is 15.6 Å². The van der Waals surface area contributed by atoms with Crippen LogP contribution in [0.25, 0.3) is 10.2 Å². The SMILES string of the molecule is CC(=O)Nc1ccc(F)c(NC(=O)c2sc3ncn(C)c(=O)c3c2C)c1. The second-order valence-electron chi connectivity index (χ2n) is 5.73. The average molecular weight is 374 g/mol. The second-order valence-corrected chi connectivity index (χ2v) is 6.73. The third-order valence-corrected chi connectivity index (χ3v) is 4.95. The first kappa shape index (κ1) is 17.7. The molecule has 0 spiro atoms. The highest BCUT2D eigenvalue weighted by atomic mass is 32.1. The summed E-state index contributed by atoms with van der Waals surface area (Å²) in [5.41, 5.74) is 0.535. The molecule has 0 unspecified atom stereocenters. The predicted octanol–water partition coefficient (Wildman–Crippen LogP) is 2.65. The Labute approximate surface area is 151 Å². The third kappa shape index (κ3) is 3.21. The van der Waals surface area contributed by atoms with Gasteiger partial charge in [0.25, 0.3) is 11.5 Å². The lowest BCUT2D eigenvalue weighted by atomic mass is 10.2. The van der Waals surface area contributed by atoms with Gasteiger partial charge in [-0.3, -0.25) is 14.4 Å². The average Bonchev–Trinajstić information content (AvgIpc) is 2.91. The number of carbonyl (C=O) groups is 2. The zero-order valence-electron chi connectivity index (χ0n) is 14.2. The number of thiophene rings is 1. The summed E-state index contributed by atoms with van der Waals surface area (Å²) >= 11 is 1.07. The van der Waals surface area contributed by atoms with Gasteiger partial charge in [-0.05, 0) is 30.7 Å². The molecule has 2 amide bonds. The molecule has 0 saturated heterocycles. The van der Waals surface area contributed by atoms with Crippen molar-refractivity contribution in [2.75, 3.05) is 10.6 Å². The zero-order chi connectivity index (χ0) is 19.0. The van der Waals surface area contributed by atoms with Crippen LogP contribution in [0.2, 0.25) is 0 Å². The maximum absolute atomic E-state index is 14.0. The first-order valence-electron chi connectivity index (χ1n) is 7.61. The summed E-state index contributed by atoms with van der Waals surface area (Å²) in [6, 6.07) is 3.87. The minimum atomic E-state index is -0.639. The highest BCUT2D eigenvalue weighted by molar-refractivity contribution is 7.20. The third-order valence-electron chi connectivity index (χ3n) is 3.75. The van der Waals surface area contributed by atoms with Crippen LogP contribution in [-0.2, 0) is 11.8 Å². The molecule has 0 aliphatic rings. The molecule has 0 aliphatic carbocycles. The molecule has 9 heteroatoms. The number of amides is 2. The first-order valence-corrected chi connectivity index (χ1v) is 8.42. The minimum absolute atomic E-state index is 0.0704. The summed E-state index contributed by atoms with van der Waals surface area (Å²) in [5.74, 6) is -1.50. The van der Waals surface area contributed by atoms with Gasteiger partial charge in [-0.2, -0.15) is 0 Å². The standard InChI is InChI=1S/C17H15FN4O3S/c1-8-13-16(19-7-22(3)17(13)25)26-14(8)15(24)21-12-6-10(20-9(2)23)4-5-11(12)18/h4-7H,1-3H3,(H,20,23)(H,21,24). The Morgan fingerprint density at radius 3 is 2.69 bits per heavy atom. The maximum Gasteiger partial charge on any atom is 0.266 e. The van der Waals surface area contributed by atoms with Crippen molar-refractivity contribution in [2.45, 2.75) is 13.8 Å². The number of fused-ring (bicyclic) bond motifs is 1. The molecule has 2 N–H and O–H groups in total. The van der Waals surface area contributed by atoms with E-state index in [0.717, 1.165) is 17.4 Å². The smallest absolute Gasteiger partial charge is 0.266 e. The number of aryl methyl sites for hydroxylation is 2. The molecule has 0 radical (unpaired) electrons. The van der Waals surface area contributed by atoms with Crippen molar-refractivity contribution in [1.82, 2.24) is 9.55 Å². The van der Waals surface area contributed by atoms with Crippen molar-refractivity contribution in [3.63, 3.8) is 0 Å². The van der Waals surface area contributed by atoms with E-state index in [0.29, 0.717) is 21.5 Å². The van der Waals surface area contributed by atoms with E-state index in [4.69, 9.17) is 0 Å². The van der Waals surface area contributed by atoms with Gasteiger partial charge >= 0.3 is 0 Å². The molecule has 0 aliphatic heterocycles. The summed E-state index contributed by atoms with van der Waals surface area (Å²) in [5, 5.41) is 5.38. The van der Waals surface area contributed by atoms with Gasteiger partial charge in [-0.1, -0.05) is 0 Å². The van der Waals surface area contributed by atoms with Gasteiger partial charge in [-0.25, -0.2) is 9.37 Å². The van der Waals surface area contributed by atoms with Crippen LogP contribution >= 0.6 is 11.3 Å². The highest BCUT2D eigenvalue weighted by Crippen LogP contribution is 2.28. The fourth-order valence-corrected chi connectivity index (χ4v) is 3.54. The van der Waals surface area contributed by atoms with Crippen molar-refractivity contribution in [1.29, 1.82) is 0 Å². The number of carbonyl (C=O) groups excluding carboxylic acids is 2. The van der Waals surface area contributed by atoms with Gasteiger partial charge in [0.05, 0.1) is 22.3 Å². The molecule has 26 heavy (non-hydrogen) atoms. The van der Waals surface area contributed by atoms with Crippen LogP contribution in [0.4, 0.5) is 15.8 Å². The minimum Gasteiger partial charge on any atom is -0.326 e. The number of rotatable bonds is 3. The van der Waals surface area contributed by atoms with Crippen LogP contribution < -0.4 is 16.2 Å². The molecule has 7 nitrogen and oxygen atoms in total. The summed E-state index contributed by atoms with van der Waals surface area (Å²) < 4.78 is 15.3. The van der Waals surface area contributed by atoms with Crippen molar-refractivity contribution in [2.24, 2.45) is 7.05 Å². The first-order chi connectivity index (χ1) is 12.3. The summed E-state index contributed by atoms with van der Waals surface area (Å²) in [4.78, 5) is 40.8. The van der Waals surface area contributed by atoms with Crippen molar-refractivity contribution < 1.29 is 14.0 Å². The van der Waals surface area contributed by atoms with Gasteiger partial charge in [0.1, 0.15) is 10.6 Å². The largest absolute Gasteiger partial charge is 0.326 e. The van der Waals surface area contributed by atoms with Crippen LogP contribution in [0.5, 0.6) is 0 Å². The monoisotopic (exact) mass is 374 g/mol. The molecule has 2 aromatic heterocycles. The lowest BCUT2D eigenvalue weighted by Gasteiger charge is -2.09. The Balaban J connectivity index is 1.97. The van der Waals surface area contributed by atoms with Gasteiger partial charge in [0, 0.05) is 19.7 Å². The molecule has 1 aromatic carbocycles. The maximum atomic E-state index is 14.0. The molecule has 3 aromatic rings. The lowest BCUT2D eigenvalue weighted by Crippen LogP contribution is -2.17. The van der Waals surface area contributed by atoms with E-state index in [-0.39, 0.29) is 22.0 Å². The topological polar surface area (TPSA) is 93.1 Å². The van der Waals surface area contributed by atoms with Crippen molar-refractivity contribution in [3.05, 3.63) is 51.1 Å². The second kappa shape index (κ2) is 6.68. The number of hydrogen-bond acceptors (Lipinski definition) is 5. The summed E-state index contributed by atoms with van der Waals surface area (Å²) in [6.07, 6.45) is 1.39. The Morgan fingerprint density at radius 1 is 1.27 bits per heavy atom. The van der Waals surface area contributed by atoms with Gasteiger partial charge in [-0.15, -0.1) is 11.3 Å². The molecular formula is C17H15FN4O3S. The highest BCUT2D eigenvalue weighted by Gasteiger charge is 2.20. The number of nitrogens with one attached hydrogen (secondary N) is 2. The molecular weight excluding hydrogens is 359 g/mol. The molecule has 3 rings (SSSR count). The number of halogens is 1. The van der Waals surface area contributed by atoms with Crippen LogP contribution in [0, 0.1) is 12.7 Å². The number of aromatic nitrogens is 2. The van der Waals surface area contributed by atoms with Crippen molar-refractivity contribution in [3.8, 4) is 0 Å². The molecule has 0 saturated carbocycles. The van der Waals surface area contributed by atoms with E-state index in [9.17, 15) is 18.8 Å². The Bertz CT molecular complexity index is 1100. The predicted molar refractivity (Wildman–Crippen MR) is 98.3 cm³/mol. The van der Waals surface area contributed by atoms with E-state index >= 15 is 0 Å². The van der Waals surface area contributed by atoms with Gasteiger partial charge in [0.15, 0.2) is 0 Å². The van der Waals surface area contributed by atoms with Gasteiger partial charge < -0.3 is 15.2 Å².